The van der Waals surface area contributed by atoms with Gasteiger partial charge >= 0.3 is 5.97 Å². The Kier molecular flexibility index (Phi) is 6.21. The van der Waals surface area contributed by atoms with E-state index in [0.717, 1.165) is 24.9 Å². The molecule has 1 N–H and O–H groups in total. The summed E-state index contributed by atoms with van der Waals surface area (Å²) in [6, 6.07) is 8.25. The Balaban J connectivity index is 2.99. The van der Waals surface area contributed by atoms with Gasteiger partial charge in [-0.2, -0.15) is 0 Å². The van der Waals surface area contributed by atoms with Crippen LogP contribution in [0, 0.1) is 5.92 Å². The van der Waals surface area contributed by atoms with E-state index in [-0.39, 0.29) is 5.97 Å². The molecule has 0 aliphatic rings. The molecule has 0 saturated heterocycles. The molecule has 0 bridgehead atoms. The van der Waals surface area contributed by atoms with Gasteiger partial charge in [-0.05, 0) is 43.4 Å². The number of carbonyl (C=O) groups excluding carboxylic acids is 1. The molecule has 112 valence electrons. The van der Waals surface area contributed by atoms with Gasteiger partial charge in [0.1, 0.15) is 5.54 Å². The molecule has 1 aromatic carbocycles. The Labute approximate surface area is 122 Å². The second-order valence-electron chi connectivity index (χ2n) is 5.84. The van der Waals surface area contributed by atoms with E-state index < -0.39 is 5.54 Å². The summed E-state index contributed by atoms with van der Waals surface area (Å²) in [6.45, 7) is 9.15. The molecular formula is C17H27NO2. The number of hydrogen-bond acceptors (Lipinski definition) is 3. The molecule has 1 rings (SSSR count). The number of carbonyl (C=O) groups is 1. The quantitative estimate of drug-likeness (QED) is 0.777. The molecular weight excluding hydrogens is 250 g/mol. The lowest BCUT2D eigenvalue weighted by Crippen LogP contribution is -2.47. The van der Waals surface area contributed by atoms with Crippen LogP contribution in [0.25, 0.3) is 0 Å². The lowest BCUT2D eigenvalue weighted by Gasteiger charge is -2.28. The Hall–Kier alpha value is -1.35. The van der Waals surface area contributed by atoms with E-state index in [0.29, 0.717) is 5.92 Å². The normalized spacial score (nSPS) is 14.1. The summed E-state index contributed by atoms with van der Waals surface area (Å²) < 4.78 is 4.96. The predicted molar refractivity (Wildman–Crippen MR) is 82.6 cm³/mol. The van der Waals surface area contributed by atoms with E-state index in [9.17, 15) is 4.79 Å². The zero-order valence-electron chi connectivity index (χ0n) is 13.3. The predicted octanol–water partition coefficient (Wildman–Crippen LogP) is 3.27. The van der Waals surface area contributed by atoms with Crippen molar-refractivity contribution < 1.29 is 9.53 Å². The van der Waals surface area contributed by atoms with Crippen LogP contribution in [0.1, 0.15) is 45.2 Å². The minimum atomic E-state index is -0.777. The average molecular weight is 277 g/mol. The van der Waals surface area contributed by atoms with Gasteiger partial charge in [-0.1, -0.05) is 45.0 Å². The van der Waals surface area contributed by atoms with Gasteiger partial charge in [0.15, 0.2) is 0 Å². The Morgan fingerprint density at radius 2 is 1.90 bits per heavy atom. The molecule has 20 heavy (non-hydrogen) atoms. The summed E-state index contributed by atoms with van der Waals surface area (Å²) >= 11 is 0. The summed E-state index contributed by atoms with van der Waals surface area (Å²) in [5.41, 5.74) is 1.47. The molecule has 3 heteroatoms. The topological polar surface area (TPSA) is 38.3 Å². The van der Waals surface area contributed by atoms with Crippen molar-refractivity contribution in [2.45, 2.75) is 46.1 Å². The number of nitrogens with one attached hydrogen (secondary N) is 1. The third kappa shape index (κ3) is 4.07. The van der Waals surface area contributed by atoms with E-state index in [4.69, 9.17) is 4.74 Å². The summed E-state index contributed by atoms with van der Waals surface area (Å²) in [5.74, 6) is 0.383. The molecule has 1 unspecified atom stereocenters. The Morgan fingerprint density at radius 3 is 2.35 bits per heavy atom. The molecule has 0 radical (unpaired) electrons. The van der Waals surface area contributed by atoms with Crippen molar-refractivity contribution >= 4 is 5.97 Å². The number of hydrogen-bond donors (Lipinski definition) is 1. The van der Waals surface area contributed by atoms with Crippen LogP contribution in [0.2, 0.25) is 0 Å². The number of rotatable bonds is 7. The summed E-state index contributed by atoms with van der Waals surface area (Å²) in [5, 5.41) is 3.30. The van der Waals surface area contributed by atoms with Gasteiger partial charge in [0, 0.05) is 0 Å². The van der Waals surface area contributed by atoms with E-state index in [2.05, 4.69) is 38.2 Å². The molecule has 0 spiro atoms. The van der Waals surface area contributed by atoms with Crippen molar-refractivity contribution in [3.8, 4) is 0 Å². The lowest BCUT2D eigenvalue weighted by atomic mass is 9.90. The Morgan fingerprint density at radius 1 is 1.30 bits per heavy atom. The molecule has 0 aliphatic heterocycles. The summed E-state index contributed by atoms with van der Waals surface area (Å²) in [7, 11) is 1.43. The average Bonchev–Trinajstić information content (AvgIpc) is 2.44. The molecule has 1 atom stereocenters. The van der Waals surface area contributed by atoms with E-state index in [1.807, 2.05) is 19.1 Å². The molecule has 0 amide bonds. The maximum atomic E-state index is 12.1. The molecule has 0 aromatic heterocycles. The highest BCUT2D eigenvalue weighted by Gasteiger charge is 2.35. The second kappa shape index (κ2) is 7.44. The fourth-order valence-electron chi connectivity index (χ4n) is 2.32. The largest absolute Gasteiger partial charge is 0.467 e. The van der Waals surface area contributed by atoms with Crippen LogP contribution in [0.15, 0.2) is 24.3 Å². The van der Waals surface area contributed by atoms with Crippen LogP contribution in [0.3, 0.4) is 0 Å². The van der Waals surface area contributed by atoms with Crippen molar-refractivity contribution in [1.82, 2.24) is 5.32 Å². The molecule has 1 aromatic rings. The monoisotopic (exact) mass is 277 g/mol. The van der Waals surface area contributed by atoms with Crippen LogP contribution < -0.4 is 5.32 Å². The van der Waals surface area contributed by atoms with Crippen LogP contribution in [-0.2, 0) is 21.5 Å². The first kappa shape index (κ1) is 16.7. The number of ether oxygens (including phenoxy) is 1. The summed E-state index contributed by atoms with van der Waals surface area (Å²) in [6.07, 6.45) is 2.02. The number of methoxy groups -OCH3 is 1. The molecule has 0 aliphatic carbocycles. The highest BCUT2D eigenvalue weighted by atomic mass is 16.5. The van der Waals surface area contributed by atoms with Crippen molar-refractivity contribution in [1.29, 1.82) is 0 Å². The van der Waals surface area contributed by atoms with E-state index in [1.54, 1.807) is 0 Å². The van der Waals surface area contributed by atoms with Gasteiger partial charge in [-0.25, -0.2) is 4.79 Å². The van der Waals surface area contributed by atoms with Crippen molar-refractivity contribution in [2.24, 2.45) is 5.92 Å². The van der Waals surface area contributed by atoms with E-state index >= 15 is 0 Å². The lowest BCUT2D eigenvalue weighted by molar-refractivity contribution is -0.148. The maximum Gasteiger partial charge on any atom is 0.330 e. The van der Waals surface area contributed by atoms with Crippen LogP contribution in [0.5, 0.6) is 0 Å². The van der Waals surface area contributed by atoms with Crippen molar-refractivity contribution in [2.75, 3.05) is 13.7 Å². The Bertz CT molecular complexity index is 425. The zero-order chi connectivity index (χ0) is 15.2. The minimum Gasteiger partial charge on any atom is -0.467 e. The first-order chi connectivity index (χ1) is 9.43. The number of benzene rings is 1. The third-order valence-electron chi connectivity index (χ3n) is 3.50. The van der Waals surface area contributed by atoms with Gasteiger partial charge in [0.2, 0.25) is 0 Å². The van der Waals surface area contributed by atoms with Gasteiger partial charge in [-0.3, -0.25) is 5.32 Å². The fraction of sp³-hybridized carbons (Fsp3) is 0.588. The minimum absolute atomic E-state index is 0.248. The van der Waals surface area contributed by atoms with Gasteiger partial charge in [0.05, 0.1) is 7.11 Å². The molecule has 0 fully saturated rings. The van der Waals surface area contributed by atoms with Crippen LogP contribution in [-0.4, -0.2) is 19.6 Å². The first-order valence-electron chi connectivity index (χ1n) is 7.37. The highest BCUT2D eigenvalue weighted by molar-refractivity contribution is 5.82. The van der Waals surface area contributed by atoms with Gasteiger partial charge < -0.3 is 4.74 Å². The van der Waals surface area contributed by atoms with Crippen LogP contribution in [0.4, 0.5) is 0 Å². The first-order valence-corrected chi connectivity index (χ1v) is 7.37. The van der Waals surface area contributed by atoms with Crippen molar-refractivity contribution in [3.05, 3.63) is 35.4 Å². The smallest absolute Gasteiger partial charge is 0.330 e. The highest BCUT2D eigenvalue weighted by Crippen LogP contribution is 2.23. The molecule has 0 saturated carbocycles. The van der Waals surface area contributed by atoms with E-state index in [1.165, 1.54) is 12.7 Å². The molecule has 0 heterocycles. The van der Waals surface area contributed by atoms with Crippen LogP contribution >= 0.6 is 0 Å². The van der Waals surface area contributed by atoms with Gasteiger partial charge in [0.25, 0.3) is 0 Å². The number of esters is 1. The SMILES string of the molecule is CCCNC(C)(C(=O)OC)c1ccc(CC(C)C)cc1. The standard InChI is InChI=1S/C17H27NO2/c1-6-11-18-17(4,16(19)20-5)15-9-7-14(8-10-15)12-13(2)3/h7-10,13,18H,6,11-12H2,1-5H3. The maximum absolute atomic E-state index is 12.1. The van der Waals surface area contributed by atoms with Crippen molar-refractivity contribution in [3.63, 3.8) is 0 Å². The molecule has 3 nitrogen and oxygen atoms in total. The summed E-state index contributed by atoms with van der Waals surface area (Å²) in [4.78, 5) is 12.1. The van der Waals surface area contributed by atoms with Gasteiger partial charge in [-0.15, -0.1) is 0 Å². The fourth-order valence-corrected chi connectivity index (χ4v) is 2.32. The third-order valence-corrected chi connectivity index (χ3v) is 3.50. The zero-order valence-corrected chi connectivity index (χ0v) is 13.3. The second-order valence-corrected chi connectivity index (χ2v) is 5.84.